The lowest BCUT2D eigenvalue weighted by molar-refractivity contribution is 0.0538. The quantitative estimate of drug-likeness (QED) is 0.768. The minimum Gasteiger partial charge on any atom is -0.490 e. The lowest BCUT2D eigenvalue weighted by Crippen LogP contribution is -2.13. The molecule has 0 aliphatic heterocycles. The molecule has 17 heavy (non-hydrogen) atoms. The van der Waals surface area contributed by atoms with Crippen molar-refractivity contribution in [2.75, 3.05) is 13.2 Å². The highest BCUT2D eigenvalue weighted by Crippen LogP contribution is 2.18. The van der Waals surface area contributed by atoms with Crippen molar-refractivity contribution in [2.45, 2.75) is 26.9 Å². The van der Waals surface area contributed by atoms with Gasteiger partial charge in [-0.3, -0.25) is 4.98 Å². The first-order chi connectivity index (χ1) is 8.00. The average molecular weight is 239 g/mol. The van der Waals surface area contributed by atoms with E-state index >= 15 is 0 Å². The van der Waals surface area contributed by atoms with E-state index in [0.717, 1.165) is 5.69 Å². The molecular formula is C12H17NO4. The first kappa shape index (κ1) is 13.4. The number of aromatic nitrogens is 1. The summed E-state index contributed by atoms with van der Waals surface area (Å²) < 4.78 is 10.7. The third-order valence-corrected chi connectivity index (χ3v) is 2.03. The van der Waals surface area contributed by atoms with E-state index in [0.29, 0.717) is 19.0 Å². The summed E-state index contributed by atoms with van der Waals surface area (Å²) in [5, 5.41) is 8.95. The van der Waals surface area contributed by atoms with Crippen LogP contribution in [0, 0.1) is 6.92 Å². The van der Waals surface area contributed by atoms with Crippen molar-refractivity contribution in [3.05, 3.63) is 23.5 Å². The Morgan fingerprint density at radius 3 is 2.76 bits per heavy atom. The predicted molar refractivity (Wildman–Crippen MR) is 62.5 cm³/mol. The molecule has 0 aromatic carbocycles. The number of rotatable bonds is 6. The Morgan fingerprint density at radius 1 is 1.47 bits per heavy atom. The van der Waals surface area contributed by atoms with Crippen LogP contribution in [-0.2, 0) is 4.74 Å². The smallest absolute Gasteiger partial charge is 0.341 e. The Morgan fingerprint density at radius 2 is 2.18 bits per heavy atom. The number of carboxylic acid groups (broad SMARTS) is 1. The average Bonchev–Trinajstić information content (AvgIpc) is 2.23. The monoisotopic (exact) mass is 239 g/mol. The van der Waals surface area contributed by atoms with Gasteiger partial charge in [-0.1, -0.05) is 0 Å². The van der Waals surface area contributed by atoms with Crippen LogP contribution in [0.15, 0.2) is 12.3 Å². The van der Waals surface area contributed by atoms with Gasteiger partial charge in [-0.15, -0.1) is 0 Å². The van der Waals surface area contributed by atoms with E-state index in [-0.39, 0.29) is 11.7 Å². The lowest BCUT2D eigenvalue weighted by Gasteiger charge is -2.11. The summed E-state index contributed by atoms with van der Waals surface area (Å²) in [4.78, 5) is 14.8. The van der Waals surface area contributed by atoms with Gasteiger partial charge in [0.2, 0.25) is 0 Å². The van der Waals surface area contributed by atoms with Gasteiger partial charge in [-0.05, 0) is 20.8 Å². The van der Waals surface area contributed by atoms with Crippen molar-refractivity contribution >= 4 is 5.97 Å². The second kappa shape index (κ2) is 6.20. The fourth-order valence-electron chi connectivity index (χ4n) is 1.25. The Labute approximate surface area is 100 Å². The van der Waals surface area contributed by atoms with E-state index in [2.05, 4.69) is 4.98 Å². The van der Waals surface area contributed by atoms with Gasteiger partial charge in [-0.2, -0.15) is 0 Å². The van der Waals surface area contributed by atoms with Gasteiger partial charge < -0.3 is 14.6 Å². The van der Waals surface area contributed by atoms with Crippen LogP contribution in [0.5, 0.6) is 5.75 Å². The molecule has 0 spiro atoms. The summed E-state index contributed by atoms with van der Waals surface area (Å²) in [7, 11) is 0. The van der Waals surface area contributed by atoms with E-state index in [1.54, 1.807) is 13.0 Å². The van der Waals surface area contributed by atoms with E-state index in [9.17, 15) is 4.79 Å². The second-order valence-electron chi connectivity index (χ2n) is 3.90. The SMILES string of the molecule is Cc1cc(OCCOC(C)C)c(C(=O)O)cn1. The molecule has 0 fully saturated rings. The van der Waals surface area contributed by atoms with Gasteiger partial charge in [0.15, 0.2) is 0 Å². The maximum Gasteiger partial charge on any atom is 0.341 e. The number of aromatic carboxylic acids is 1. The molecule has 0 amide bonds. The first-order valence-corrected chi connectivity index (χ1v) is 5.45. The van der Waals surface area contributed by atoms with Crippen LogP contribution in [0.3, 0.4) is 0 Å². The van der Waals surface area contributed by atoms with E-state index in [1.807, 2.05) is 13.8 Å². The molecule has 0 saturated heterocycles. The molecule has 1 N–H and O–H groups in total. The van der Waals surface area contributed by atoms with E-state index < -0.39 is 5.97 Å². The van der Waals surface area contributed by atoms with Crippen LogP contribution in [0.25, 0.3) is 0 Å². The third kappa shape index (κ3) is 4.40. The molecule has 94 valence electrons. The summed E-state index contributed by atoms with van der Waals surface area (Å²) in [6, 6.07) is 1.61. The van der Waals surface area contributed by atoms with Crippen LogP contribution in [0.4, 0.5) is 0 Å². The zero-order valence-electron chi connectivity index (χ0n) is 10.3. The number of aryl methyl sites for hydroxylation is 1. The molecule has 0 bridgehead atoms. The van der Waals surface area contributed by atoms with Crippen molar-refractivity contribution in [2.24, 2.45) is 0 Å². The highest BCUT2D eigenvalue weighted by Gasteiger charge is 2.12. The van der Waals surface area contributed by atoms with Gasteiger partial charge in [0.05, 0.1) is 12.7 Å². The Kier molecular flexibility index (Phi) is 4.90. The highest BCUT2D eigenvalue weighted by molar-refractivity contribution is 5.90. The number of carbonyl (C=O) groups is 1. The first-order valence-electron chi connectivity index (χ1n) is 5.45. The minimum atomic E-state index is -1.04. The standard InChI is InChI=1S/C12H17NO4/c1-8(2)16-4-5-17-11-6-9(3)13-7-10(11)12(14)15/h6-8H,4-5H2,1-3H3,(H,14,15). The van der Waals surface area contributed by atoms with Crippen molar-refractivity contribution in [1.29, 1.82) is 0 Å². The fraction of sp³-hybridized carbons (Fsp3) is 0.500. The minimum absolute atomic E-state index is 0.0696. The zero-order chi connectivity index (χ0) is 12.8. The fourth-order valence-corrected chi connectivity index (χ4v) is 1.25. The second-order valence-corrected chi connectivity index (χ2v) is 3.90. The van der Waals surface area contributed by atoms with Crippen molar-refractivity contribution in [3.8, 4) is 5.75 Å². The number of pyridine rings is 1. The van der Waals surface area contributed by atoms with Gasteiger partial charge in [-0.25, -0.2) is 4.79 Å². The van der Waals surface area contributed by atoms with Crippen molar-refractivity contribution in [3.63, 3.8) is 0 Å². The molecule has 5 heteroatoms. The zero-order valence-corrected chi connectivity index (χ0v) is 10.3. The Hall–Kier alpha value is -1.62. The maximum atomic E-state index is 10.9. The van der Waals surface area contributed by atoms with Crippen LogP contribution >= 0.6 is 0 Å². The molecule has 1 aromatic rings. The summed E-state index contributed by atoms with van der Waals surface area (Å²) >= 11 is 0. The number of ether oxygens (including phenoxy) is 2. The third-order valence-electron chi connectivity index (χ3n) is 2.03. The predicted octanol–water partition coefficient (Wildman–Crippen LogP) is 1.89. The van der Waals surface area contributed by atoms with Crippen molar-refractivity contribution in [1.82, 2.24) is 4.98 Å². The molecule has 0 radical (unpaired) electrons. The number of hydrogen-bond acceptors (Lipinski definition) is 4. The molecule has 0 atom stereocenters. The molecule has 0 unspecified atom stereocenters. The van der Waals surface area contributed by atoms with Crippen LogP contribution < -0.4 is 4.74 Å². The molecule has 1 aromatic heterocycles. The molecule has 1 heterocycles. The molecule has 5 nitrogen and oxygen atoms in total. The van der Waals surface area contributed by atoms with Crippen LogP contribution in [-0.4, -0.2) is 35.4 Å². The highest BCUT2D eigenvalue weighted by atomic mass is 16.5. The van der Waals surface area contributed by atoms with Gasteiger partial charge in [0.1, 0.15) is 17.9 Å². The summed E-state index contributed by atoms with van der Waals surface area (Å²) in [6.45, 7) is 6.39. The lowest BCUT2D eigenvalue weighted by atomic mass is 10.2. The number of hydrogen-bond donors (Lipinski definition) is 1. The summed E-state index contributed by atoms with van der Waals surface area (Å²) in [6.07, 6.45) is 1.44. The van der Waals surface area contributed by atoms with Crippen LogP contribution in [0.2, 0.25) is 0 Å². The van der Waals surface area contributed by atoms with Crippen LogP contribution in [0.1, 0.15) is 29.9 Å². The topological polar surface area (TPSA) is 68.7 Å². The molecular weight excluding hydrogens is 222 g/mol. The van der Waals surface area contributed by atoms with Gasteiger partial charge in [0.25, 0.3) is 0 Å². The summed E-state index contributed by atoms with van der Waals surface area (Å²) in [5.41, 5.74) is 0.787. The molecule has 1 rings (SSSR count). The number of nitrogens with zero attached hydrogens (tertiary/aromatic N) is 1. The van der Waals surface area contributed by atoms with Crippen molar-refractivity contribution < 1.29 is 19.4 Å². The van der Waals surface area contributed by atoms with E-state index in [4.69, 9.17) is 14.6 Å². The van der Waals surface area contributed by atoms with Gasteiger partial charge in [0, 0.05) is 18.0 Å². The Balaban J connectivity index is 2.62. The van der Waals surface area contributed by atoms with Gasteiger partial charge >= 0.3 is 5.97 Å². The maximum absolute atomic E-state index is 10.9. The number of carboxylic acids is 1. The Bertz CT molecular complexity index is 390. The van der Waals surface area contributed by atoms with E-state index in [1.165, 1.54) is 6.20 Å². The summed E-state index contributed by atoms with van der Waals surface area (Å²) in [5.74, 6) is -0.713. The molecule has 0 aliphatic carbocycles. The largest absolute Gasteiger partial charge is 0.490 e. The molecule has 0 aliphatic rings. The normalized spacial score (nSPS) is 10.6. The molecule has 0 saturated carbocycles.